The number of carbonyl (C=O) groups is 1. The van der Waals surface area contributed by atoms with Crippen LogP contribution in [0.15, 0.2) is 24.3 Å². The molecule has 4 nitrogen and oxygen atoms in total. The van der Waals surface area contributed by atoms with Gasteiger partial charge in [-0.25, -0.2) is 4.79 Å². The standard InChI is InChI=1S/C14H19F3N2O2/c1-2-10(7-8-20)9-18-13(21)19-12-6-4-3-5-11(12)14(15,16)17/h3-6,10,20H,2,7-9H2,1H3,(H2,18,19,21). The summed E-state index contributed by atoms with van der Waals surface area (Å²) >= 11 is 0. The van der Waals surface area contributed by atoms with Crippen LogP contribution in [0.4, 0.5) is 23.7 Å². The minimum atomic E-state index is -4.52. The first kappa shape index (κ1) is 17.3. The van der Waals surface area contributed by atoms with Crippen molar-refractivity contribution in [2.75, 3.05) is 18.5 Å². The van der Waals surface area contributed by atoms with E-state index >= 15 is 0 Å². The molecule has 0 radical (unpaired) electrons. The molecule has 2 amide bonds. The molecule has 0 aromatic heterocycles. The van der Waals surface area contributed by atoms with Gasteiger partial charge in [0.2, 0.25) is 0 Å². The lowest BCUT2D eigenvalue weighted by Crippen LogP contribution is -2.33. The molecule has 0 bridgehead atoms. The van der Waals surface area contributed by atoms with Crippen molar-refractivity contribution in [2.24, 2.45) is 5.92 Å². The van der Waals surface area contributed by atoms with Gasteiger partial charge in [0.1, 0.15) is 0 Å². The normalized spacial score (nSPS) is 12.8. The highest BCUT2D eigenvalue weighted by Gasteiger charge is 2.33. The summed E-state index contributed by atoms with van der Waals surface area (Å²) in [7, 11) is 0. The molecular weight excluding hydrogens is 285 g/mol. The molecule has 21 heavy (non-hydrogen) atoms. The number of rotatable bonds is 6. The summed E-state index contributed by atoms with van der Waals surface area (Å²) in [4.78, 5) is 11.7. The van der Waals surface area contributed by atoms with Gasteiger partial charge in [0.15, 0.2) is 0 Å². The molecule has 1 aromatic carbocycles. The SMILES string of the molecule is CCC(CCO)CNC(=O)Nc1ccccc1C(F)(F)F. The van der Waals surface area contributed by atoms with Crippen LogP contribution >= 0.6 is 0 Å². The summed E-state index contributed by atoms with van der Waals surface area (Å²) in [6.07, 6.45) is -3.22. The highest BCUT2D eigenvalue weighted by Crippen LogP contribution is 2.34. The summed E-state index contributed by atoms with van der Waals surface area (Å²) in [5.74, 6) is 0.0959. The van der Waals surface area contributed by atoms with Gasteiger partial charge in [-0.3, -0.25) is 0 Å². The third-order valence-corrected chi connectivity index (χ3v) is 3.15. The van der Waals surface area contributed by atoms with Gasteiger partial charge in [-0.1, -0.05) is 25.5 Å². The minimum Gasteiger partial charge on any atom is -0.396 e. The van der Waals surface area contributed by atoms with E-state index in [9.17, 15) is 18.0 Å². The number of para-hydroxylation sites is 1. The maximum atomic E-state index is 12.8. The summed E-state index contributed by atoms with van der Waals surface area (Å²) in [6, 6.07) is 4.11. The van der Waals surface area contributed by atoms with E-state index in [2.05, 4.69) is 10.6 Å². The van der Waals surface area contributed by atoms with Crippen molar-refractivity contribution in [1.82, 2.24) is 5.32 Å². The average Bonchev–Trinajstić information content (AvgIpc) is 2.43. The molecule has 118 valence electrons. The van der Waals surface area contributed by atoms with E-state index in [0.717, 1.165) is 12.5 Å². The van der Waals surface area contributed by atoms with Crippen LogP contribution in [-0.2, 0) is 6.18 Å². The number of benzene rings is 1. The molecule has 3 N–H and O–H groups in total. The van der Waals surface area contributed by atoms with E-state index in [0.29, 0.717) is 13.0 Å². The van der Waals surface area contributed by atoms with Crippen LogP contribution in [0.1, 0.15) is 25.3 Å². The average molecular weight is 304 g/mol. The Balaban J connectivity index is 2.63. The fraction of sp³-hybridized carbons (Fsp3) is 0.500. The third-order valence-electron chi connectivity index (χ3n) is 3.15. The Morgan fingerprint density at radius 2 is 2.00 bits per heavy atom. The van der Waals surface area contributed by atoms with Crippen molar-refractivity contribution in [3.05, 3.63) is 29.8 Å². The van der Waals surface area contributed by atoms with Crippen LogP contribution in [-0.4, -0.2) is 24.3 Å². The van der Waals surface area contributed by atoms with Gasteiger partial charge in [-0.2, -0.15) is 13.2 Å². The molecule has 0 aliphatic carbocycles. The van der Waals surface area contributed by atoms with Gasteiger partial charge < -0.3 is 15.7 Å². The Hall–Kier alpha value is -1.76. The second kappa shape index (κ2) is 7.87. The molecule has 0 saturated heterocycles. The highest BCUT2D eigenvalue weighted by molar-refractivity contribution is 5.90. The number of urea groups is 1. The van der Waals surface area contributed by atoms with E-state index in [1.807, 2.05) is 6.92 Å². The maximum Gasteiger partial charge on any atom is 0.418 e. The molecule has 0 saturated carbocycles. The van der Waals surface area contributed by atoms with Crippen LogP contribution in [0.25, 0.3) is 0 Å². The monoisotopic (exact) mass is 304 g/mol. The predicted octanol–water partition coefficient (Wildman–Crippen LogP) is 3.24. The molecule has 0 heterocycles. The number of aliphatic hydroxyl groups excluding tert-OH is 1. The lowest BCUT2D eigenvalue weighted by molar-refractivity contribution is -0.136. The number of halogens is 3. The Bertz CT molecular complexity index is 464. The van der Waals surface area contributed by atoms with E-state index < -0.39 is 17.8 Å². The number of hydrogen-bond donors (Lipinski definition) is 3. The second-order valence-corrected chi connectivity index (χ2v) is 4.66. The van der Waals surface area contributed by atoms with Gasteiger partial charge in [-0.15, -0.1) is 0 Å². The van der Waals surface area contributed by atoms with Crippen LogP contribution < -0.4 is 10.6 Å². The van der Waals surface area contributed by atoms with Gasteiger partial charge in [0.25, 0.3) is 0 Å². The second-order valence-electron chi connectivity index (χ2n) is 4.66. The number of alkyl halides is 3. The zero-order chi connectivity index (χ0) is 15.9. The number of carbonyl (C=O) groups excluding carboxylic acids is 1. The zero-order valence-electron chi connectivity index (χ0n) is 11.7. The predicted molar refractivity (Wildman–Crippen MR) is 73.9 cm³/mol. The summed E-state index contributed by atoms with van der Waals surface area (Å²) in [5, 5.41) is 13.6. The number of anilines is 1. The first-order valence-electron chi connectivity index (χ1n) is 6.70. The Labute approximate surface area is 121 Å². The van der Waals surface area contributed by atoms with Gasteiger partial charge in [0, 0.05) is 13.2 Å². The Kier molecular flexibility index (Phi) is 6.48. The molecule has 1 atom stereocenters. The zero-order valence-corrected chi connectivity index (χ0v) is 11.7. The Morgan fingerprint density at radius 3 is 2.57 bits per heavy atom. The minimum absolute atomic E-state index is 0.0126. The maximum absolute atomic E-state index is 12.8. The number of nitrogens with one attached hydrogen (secondary N) is 2. The summed E-state index contributed by atoms with van der Waals surface area (Å²) in [6.45, 7) is 2.23. The molecular formula is C14H19F3N2O2. The first-order chi connectivity index (χ1) is 9.88. The summed E-state index contributed by atoms with van der Waals surface area (Å²) < 4.78 is 38.3. The van der Waals surface area contributed by atoms with Gasteiger partial charge in [-0.05, 0) is 24.5 Å². The smallest absolute Gasteiger partial charge is 0.396 e. The number of amides is 2. The van der Waals surface area contributed by atoms with E-state index in [-0.39, 0.29) is 18.2 Å². The van der Waals surface area contributed by atoms with Crippen LogP contribution in [0.5, 0.6) is 0 Å². The highest BCUT2D eigenvalue weighted by atomic mass is 19.4. The van der Waals surface area contributed by atoms with Crippen molar-refractivity contribution in [3.63, 3.8) is 0 Å². The van der Waals surface area contributed by atoms with Crippen molar-refractivity contribution >= 4 is 11.7 Å². The van der Waals surface area contributed by atoms with Gasteiger partial charge in [0.05, 0.1) is 11.3 Å². The van der Waals surface area contributed by atoms with Crippen LogP contribution in [0.2, 0.25) is 0 Å². The first-order valence-corrected chi connectivity index (χ1v) is 6.70. The van der Waals surface area contributed by atoms with E-state index in [1.54, 1.807) is 0 Å². The lowest BCUT2D eigenvalue weighted by Gasteiger charge is -2.16. The number of hydrogen-bond acceptors (Lipinski definition) is 2. The van der Waals surface area contributed by atoms with E-state index in [1.165, 1.54) is 18.2 Å². The third kappa shape index (κ3) is 5.63. The molecule has 0 spiro atoms. The molecule has 7 heteroatoms. The molecule has 0 fully saturated rings. The van der Waals surface area contributed by atoms with Crippen LogP contribution in [0, 0.1) is 5.92 Å². The lowest BCUT2D eigenvalue weighted by atomic mass is 10.0. The largest absolute Gasteiger partial charge is 0.418 e. The van der Waals surface area contributed by atoms with Crippen molar-refractivity contribution < 1.29 is 23.1 Å². The quantitative estimate of drug-likeness (QED) is 0.755. The Morgan fingerprint density at radius 1 is 1.33 bits per heavy atom. The fourth-order valence-electron chi connectivity index (χ4n) is 1.88. The van der Waals surface area contributed by atoms with Crippen LogP contribution in [0.3, 0.4) is 0 Å². The molecule has 0 aliphatic heterocycles. The number of aliphatic hydroxyl groups is 1. The fourth-order valence-corrected chi connectivity index (χ4v) is 1.88. The van der Waals surface area contributed by atoms with Crippen molar-refractivity contribution in [3.8, 4) is 0 Å². The molecule has 0 aliphatic rings. The van der Waals surface area contributed by atoms with Crippen molar-refractivity contribution in [1.29, 1.82) is 0 Å². The van der Waals surface area contributed by atoms with E-state index in [4.69, 9.17) is 5.11 Å². The van der Waals surface area contributed by atoms with Gasteiger partial charge >= 0.3 is 12.2 Å². The topological polar surface area (TPSA) is 61.4 Å². The molecule has 1 aromatic rings. The molecule has 1 unspecified atom stereocenters. The summed E-state index contributed by atoms with van der Waals surface area (Å²) in [5.41, 5.74) is -1.17. The molecule has 1 rings (SSSR count). The van der Waals surface area contributed by atoms with Crippen molar-refractivity contribution in [2.45, 2.75) is 25.9 Å².